The van der Waals surface area contributed by atoms with E-state index in [0.717, 1.165) is 49.7 Å². The van der Waals surface area contributed by atoms with Crippen molar-refractivity contribution in [3.8, 4) is 5.75 Å². The Bertz CT molecular complexity index is 1090. The second kappa shape index (κ2) is 10.1. The Labute approximate surface area is 179 Å². The van der Waals surface area contributed by atoms with E-state index in [2.05, 4.69) is 19.8 Å². The Hall–Kier alpha value is -3.68. The average Bonchev–Trinajstić information content (AvgIpc) is 2.75. The second-order valence-electron chi connectivity index (χ2n) is 6.00. The zero-order valence-corrected chi connectivity index (χ0v) is 17.1. The summed E-state index contributed by atoms with van der Waals surface area (Å²) in [5, 5.41) is 2.23. The van der Waals surface area contributed by atoms with Crippen molar-refractivity contribution in [1.29, 1.82) is 0 Å². The molecule has 0 unspecified atom stereocenters. The molecule has 32 heavy (non-hydrogen) atoms. The van der Waals surface area contributed by atoms with Gasteiger partial charge in [-0.3, -0.25) is 19.4 Å². The van der Waals surface area contributed by atoms with E-state index in [9.17, 15) is 36.0 Å². The first-order valence-electron chi connectivity index (χ1n) is 8.59. The molecular formula is C18H16F3N3O7S. The maximum atomic E-state index is 12.3. The number of alkyl halides is 3. The molecule has 2 rings (SSSR count). The van der Waals surface area contributed by atoms with Gasteiger partial charge in [0.25, 0.3) is 21.8 Å². The average molecular weight is 475 g/mol. The van der Waals surface area contributed by atoms with Crippen molar-refractivity contribution < 1.29 is 45.4 Å². The third-order valence-corrected chi connectivity index (χ3v) is 4.99. The van der Waals surface area contributed by atoms with Gasteiger partial charge in [-0.25, -0.2) is 13.1 Å². The lowest BCUT2D eigenvalue weighted by Crippen LogP contribution is -2.32. The number of nitrogens with one attached hydrogen (secondary N) is 2. The minimum Gasteiger partial charge on any atom is -0.484 e. The van der Waals surface area contributed by atoms with Gasteiger partial charge in [-0.1, -0.05) is 0 Å². The fourth-order valence-corrected chi connectivity index (χ4v) is 3.07. The molecular weight excluding hydrogens is 459 g/mol. The molecule has 0 fully saturated rings. The molecule has 2 amide bonds. The van der Waals surface area contributed by atoms with Crippen LogP contribution in [0.3, 0.4) is 0 Å². The Morgan fingerprint density at radius 1 is 1.03 bits per heavy atom. The number of benzene rings is 1. The number of esters is 1. The summed E-state index contributed by atoms with van der Waals surface area (Å²) >= 11 is 0. The van der Waals surface area contributed by atoms with Crippen LogP contribution in [0.25, 0.3) is 0 Å². The molecule has 0 aliphatic rings. The van der Waals surface area contributed by atoms with Crippen LogP contribution in [0, 0.1) is 0 Å². The van der Waals surface area contributed by atoms with E-state index in [0.29, 0.717) is 0 Å². The number of carbonyl (C=O) groups excluding carboxylic acids is 3. The fourth-order valence-electron chi connectivity index (χ4n) is 2.10. The summed E-state index contributed by atoms with van der Waals surface area (Å²) in [7, 11) is -3.21. The summed E-state index contributed by atoms with van der Waals surface area (Å²) in [6, 6.07) is 6.23. The number of pyridine rings is 1. The molecule has 0 saturated carbocycles. The Kier molecular flexibility index (Phi) is 7.75. The molecule has 0 atom stereocenters. The van der Waals surface area contributed by atoms with Gasteiger partial charge in [0, 0.05) is 6.20 Å². The van der Waals surface area contributed by atoms with Gasteiger partial charge in [-0.05, 0) is 36.4 Å². The SMILES string of the molecule is COC(=O)CNC(=O)c1ccc(C(=O)NS(=O)(=O)c2ccc(OCC(F)(F)F)cc2)cn1. The van der Waals surface area contributed by atoms with Crippen molar-refractivity contribution >= 4 is 27.8 Å². The van der Waals surface area contributed by atoms with Crippen LogP contribution < -0.4 is 14.8 Å². The predicted octanol–water partition coefficient (Wildman–Crippen LogP) is 1.04. The summed E-state index contributed by atoms with van der Waals surface area (Å²) in [6.07, 6.45) is -3.60. The van der Waals surface area contributed by atoms with Crippen LogP contribution in [0.15, 0.2) is 47.5 Å². The van der Waals surface area contributed by atoms with Gasteiger partial charge in [0.2, 0.25) is 0 Å². The molecule has 0 saturated heterocycles. The van der Waals surface area contributed by atoms with Crippen molar-refractivity contribution in [2.75, 3.05) is 20.3 Å². The molecule has 0 aliphatic heterocycles. The zero-order valence-electron chi connectivity index (χ0n) is 16.3. The number of methoxy groups -OCH3 is 1. The van der Waals surface area contributed by atoms with Gasteiger partial charge in [0.15, 0.2) is 6.61 Å². The monoisotopic (exact) mass is 475 g/mol. The third kappa shape index (κ3) is 7.23. The molecule has 0 radical (unpaired) electrons. The lowest BCUT2D eigenvalue weighted by atomic mass is 10.2. The third-order valence-electron chi connectivity index (χ3n) is 3.64. The quantitative estimate of drug-likeness (QED) is 0.540. The number of hydrogen-bond acceptors (Lipinski definition) is 8. The van der Waals surface area contributed by atoms with E-state index < -0.39 is 52.0 Å². The highest BCUT2D eigenvalue weighted by Gasteiger charge is 2.28. The van der Waals surface area contributed by atoms with E-state index in [4.69, 9.17) is 0 Å². The van der Waals surface area contributed by atoms with Gasteiger partial charge >= 0.3 is 12.1 Å². The molecule has 0 bridgehead atoms. The number of sulfonamides is 1. The van der Waals surface area contributed by atoms with Crippen LogP contribution in [-0.2, 0) is 19.6 Å². The smallest absolute Gasteiger partial charge is 0.422 e. The molecule has 1 heterocycles. The molecule has 0 aliphatic carbocycles. The number of halogens is 3. The highest BCUT2D eigenvalue weighted by molar-refractivity contribution is 7.90. The second-order valence-corrected chi connectivity index (χ2v) is 7.68. The van der Waals surface area contributed by atoms with E-state index >= 15 is 0 Å². The molecule has 2 N–H and O–H groups in total. The summed E-state index contributed by atoms with van der Waals surface area (Å²) < 4.78 is 71.7. The summed E-state index contributed by atoms with van der Waals surface area (Å²) in [6.45, 7) is -1.93. The number of amides is 2. The predicted molar refractivity (Wildman–Crippen MR) is 101 cm³/mol. The van der Waals surface area contributed by atoms with E-state index in [1.165, 1.54) is 0 Å². The summed E-state index contributed by atoms with van der Waals surface area (Å²) in [4.78, 5) is 38.4. The maximum absolute atomic E-state index is 12.3. The van der Waals surface area contributed by atoms with Gasteiger partial charge in [-0.15, -0.1) is 0 Å². The minimum absolute atomic E-state index is 0.136. The largest absolute Gasteiger partial charge is 0.484 e. The first-order valence-corrected chi connectivity index (χ1v) is 10.1. The molecule has 172 valence electrons. The fraction of sp³-hybridized carbons (Fsp3) is 0.222. The standard InChI is InChI=1S/C18H16F3N3O7S/c1-30-15(25)9-23-17(27)14-7-2-11(8-22-14)16(26)24-32(28,29)13-5-3-12(4-6-13)31-10-18(19,20)21/h2-8H,9-10H2,1H3,(H,23,27)(H,24,26). The highest BCUT2D eigenvalue weighted by atomic mass is 32.2. The maximum Gasteiger partial charge on any atom is 0.422 e. The van der Waals surface area contributed by atoms with Gasteiger partial charge in [0.1, 0.15) is 18.0 Å². The molecule has 0 spiro atoms. The summed E-state index contributed by atoms with van der Waals surface area (Å²) in [5.41, 5.74) is -0.328. The van der Waals surface area contributed by atoms with Crippen LogP contribution in [0.1, 0.15) is 20.8 Å². The van der Waals surface area contributed by atoms with E-state index in [1.54, 1.807) is 4.72 Å². The Morgan fingerprint density at radius 2 is 1.69 bits per heavy atom. The number of rotatable bonds is 8. The zero-order chi connectivity index (χ0) is 23.9. The van der Waals surface area contributed by atoms with Crippen molar-refractivity contribution in [3.05, 3.63) is 53.9 Å². The molecule has 14 heteroatoms. The molecule has 2 aromatic rings. The van der Waals surface area contributed by atoms with Crippen LogP contribution in [-0.4, -0.2) is 57.6 Å². The Balaban J connectivity index is 2.01. The van der Waals surface area contributed by atoms with E-state index in [-0.39, 0.29) is 17.0 Å². The topological polar surface area (TPSA) is 141 Å². The van der Waals surface area contributed by atoms with Crippen LogP contribution in [0.2, 0.25) is 0 Å². The Morgan fingerprint density at radius 3 is 2.22 bits per heavy atom. The minimum atomic E-state index is -4.55. The normalized spacial score (nSPS) is 11.4. The highest BCUT2D eigenvalue weighted by Crippen LogP contribution is 2.20. The first kappa shape index (κ1) is 24.6. The number of nitrogens with zero attached hydrogens (tertiary/aromatic N) is 1. The van der Waals surface area contributed by atoms with Crippen LogP contribution in [0.5, 0.6) is 5.75 Å². The van der Waals surface area contributed by atoms with Crippen molar-refractivity contribution in [1.82, 2.24) is 15.0 Å². The number of aromatic nitrogens is 1. The first-order chi connectivity index (χ1) is 14.9. The molecule has 10 nitrogen and oxygen atoms in total. The number of hydrogen-bond donors (Lipinski definition) is 2. The van der Waals surface area contributed by atoms with E-state index in [1.807, 2.05) is 0 Å². The van der Waals surface area contributed by atoms with Crippen LogP contribution >= 0.6 is 0 Å². The van der Waals surface area contributed by atoms with Gasteiger partial charge in [-0.2, -0.15) is 13.2 Å². The lowest BCUT2D eigenvalue weighted by Gasteiger charge is -2.10. The van der Waals surface area contributed by atoms with Gasteiger partial charge < -0.3 is 14.8 Å². The molecule has 1 aromatic carbocycles. The van der Waals surface area contributed by atoms with Crippen molar-refractivity contribution in [3.63, 3.8) is 0 Å². The van der Waals surface area contributed by atoms with Gasteiger partial charge in [0.05, 0.1) is 17.6 Å². The lowest BCUT2D eigenvalue weighted by molar-refractivity contribution is -0.153. The van der Waals surface area contributed by atoms with Crippen molar-refractivity contribution in [2.45, 2.75) is 11.1 Å². The summed E-state index contributed by atoms with van der Waals surface area (Å²) in [5.74, 6) is -2.67. The van der Waals surface area contributed by atoms with Crippen molar-refractivity contribution in [2.24, 2.45) is 0 Å². The number of ether oxygens (including phenoxy) is 2. The molecule has 1 aromatic heterocycles. The van der Waals surface area contributed by atoms with Crippen LogP contribution in [0.4, 0.5) is 13.2 Å². The number of carbonyl (C=O) groups is 3.